The van der Waals surface area contributed by atoms with Crippen molar-refractivity contribution in [1.82, 2.24) is 23.7 Å². The Balaban J connectivity index is 1.61. The van der Waals surface area contributed by atoms with E-state index < -0.39 is 10.0 Å². The Kier molecular flexibility index (Phi) is 5.40. The number of sulfonamides is 1. The van der Waals surface area contributed by atoms with E-state index in [1.54, 1.807) is 52.4 Å². The summed E-state index contributed by atoms with van der Waals surface area (Å²) in [7, 11) is -3.22. The Bertz CT molecular complexity index is 1220. The van der Waals surface area contributed by atoms with Crippen molar-refractivity contribution in [2.75, 3.05) is 24.2 Å². The number of imidazole rings is 1. The molecule has 0 spiro atoms. The number of piperidine rings is 1. The summed E-state index contributed by atoms with van der Waals surface area (Å²) in [6.07, 6.45) is 5.83. The van der Waals surface area contributed by atoms with Gasteiger partial charge in [0.1, 0.15) is 23.2 Å². The summed E-state index contributed by atoms with van der Waals surface area (Å²) in [5, 5.41) is 12.6. The Hall–Kier alpha value is -3.03. The fourth-order valence-electron chi connectivity index (χ4n) is 3.63. The van der Waals surface area contributed by atoms with E-state index >= 15 is 0 Å². The molecule has 10 heteroatoms. The van der Waals surface area contributed by atoms with Crippen LogP contribution in [0.5, 0.6) is 0 Å². The van der Waals surface area contributed by atoms with Gasteiger partial charge in [-0.1, -0.05) is 6.92 Å². The number of anilines is 1. The monoisotopic (exact) mass is 425 g/mol. The zero-order valence-electron chi connectivity index (χ0n) is 16.9. The second kappa shape index (κ2) is 8.01. The van der Waals surface area contributed by atoms with Crippen LogP contribution in [0.2, 0.25) is 0 Å². The van der Waals surface area contributed by atoms with Gasteiger partial charge in [0.25, 0.3) is 0 Å². The van der Waals surface area contributed by atoms with Crippen molar-refractivity contribution in [2.45, 2.75) is 26.3 Å². The van der Waals surface area contributed by atoms with Crippen LogP contribution in [0.4, 0.5) is 5.82 Å². The molecule has 0 saturated carbocycles. The number of hydrogen-bond donors (Lipinski definition) is 1. The zero-order chi connectivity index (χ0) is 21.3. The van der Waals surface area contributed by atoms with Gasteiger partial charge in [-0.3, -0.25) is 4.40 Å². The first-order chi connectivity index (χ1) is 14.4. The number of hydrogen-bond acceptors (Lipinski definition) is 7. The van der Waals surface area contributed by atoms with Gasteiger partial charge >= 0.3 is 0 Å². The van der Waals surface area contributed by atoms with Crippen LogP contribution in [0, 0.1) is 17.2 Å². The van der Waals surface area contributed by atoms with Gasteiger partial charge in [-0.25, -0.2) is 23.4 Å². The second-order valence-electron chi connectivity index (χ2n) is 7.44. The van der Waals surface area contributed by atoms with Crippen LogP contribution in [-0.2, 0) is 10.0 Å². The van der Waals surface area contributed by atoms with Crippen LogP contribution in [0.25, 0.3) is 17.2 Å². The molecule has 30 heavy (non-hydrogen) atoms. The summed E-state index contributed by atoms with van der Waals surface area (Å²) in [5.41, 5.74) is 1.90. The van der Waals surface area contributed by atoms with Crippen molar-refractivity contribution in [3.8, 4) is 17.6 Å². The van der Waals surface area contributed by atoms with E-state index in [1.807, 2.05) is 0 Å². The molecule has 1 aliphatic heterocycles. The van der Waals surface area contributed by atoms with Crippen LogP contribution >= 0.6 is 0 Å². The lowest BCUT2D eigenvalue weighted by Crippen LogP contribution is -2.49. The molecule has 1 unspecified atom stereocenters. The van der Waals surface area contributed by atoms with Gasteiger partial charge in [-0.15, -0.1) is 0 Å². The Morgan fingerprint density at radius 2 is 2.13 bits per heavy atom. The third kappa shape index (κ3) is 3.86. The molecule has 0 aliphatic carbocycles. The number of pyridine rings is 1. The van der Waals surface area contributed by atoms with Crippen molar-refractivity contribution in [2.24, 2.45) is 5.92 Å². The third-order valence-corrected chi connectivity index (χ3v) is 7.38. The molecule has 1 N–H and O–H groups in total. The summed E-state index contributed by atoms with van der Waals surface area (Å²) in [5.74, 6) is 1.51. The van der Waals surface area contributed by atoms with Crippen molar-refractivity contribution >= 4 is 21.5 Å². The molecule has 3 aromatic rings. The predicted molar refractivity (Wildman–Crippen MR) is 113 cm³/mol. The number of nitriles is 1. The van der Waals surface area contributed by atoms with Crippen molar-refractivity contribution < 1.29 is 8.42 Å². The molecular formula is C20H23N7O2S. The number of nitrogens with one attached hydrogen (secondary N) is 1. The van der Waals surface area contributed by atoms with Crippen LogP contribution in [-0.4, -0.2) is 57.0 Å². The van der Waals surface area contributed by atoms with Gasteiger partial charge in [0.2, 0.25) is 10.0 Å². The topological polar surface area (TPSA) is 116 Å². The first-order valence-electron chi connectivity index (χ1n) is 9.86. The van der Waals surface area contributed by atoms with E-state index in [2.05, 4.69) is 33.3 Å². The summed E-state index contributed by atoms with van der Waals surface area (Å²) >= 11 is 0. The fraction of sp³-hybridized carbons (Fsp3) is 0.400. The molecule has 0 radical (unpaired) electrons. The number of fused-ring (bicyclic) bond motifs is 1. The predicted octanol–water partition coefficient (Wildman–Crippen LogP) is 2.13. The largest absolute Gasteiger partial charge is 0.366 e. The smallest absolute Gasteiger partial charge is 0.213 e. The lowest BCUT2D eigenvalue weighted by atomic mass is 9.95. The maximum atomic E-state index is 12.3. The lowest BCUT2D eigenvalue weighted by Gasteiger charge is -2.36. The highest BCUT2D eigenvalue weighted by Gasteiger charge is 2.32. The van der Waals surface area contributed by atoms with Gasteiger partial charge in [-0.2, -0.15) is 9.57 Å². The SMILES string of the molecule is CCS(=O)(=O)N1CC[C@@H](C)C(Nc2ccnc(-c3cnc4ccc(C#N)cn34)n2)C1. The van der Waals surface area contributed by atoms with Gasteiger partial charge in [-0.05, 0) is 37.5 Å². The molecule has 0 bridgehead atoms. The average molecular weight is 426 g/mol. The summed E-state index contributed by atoms with van der Waals surface area (Å²) < 4.78 is 27.9. The minimum atomic E-state index is -3.22. The van der Waals surface area contributed by atoms with Crippen LogP contribution in [0.1, 0.15) is 25.8 Å². The molecule has 1 aliphatic rings. The molecule has 0 amide bonds. The molecule has 156 valence electrons. The molecule has 2 atom stereocenters. The molecular weight excluding hydrogens is 402 g/mol. The number of nitrogens with zero attached hydrogens (tertiary/aromatic N) is 6. The third-order valence-electron chi connectivity index (χ3n) is 5.53. The van der Waals surface area contributed by atoms with Gasteiger partial charge in [0, 0.05) is 31.5 Å². The van der Waals surface area contributed by atoms with Gasteiger partial charge < -0.3 is 5.32 Å². The number of aromatic nitrogens is 4. The van der Waals surface area contributed by atoms with Crippen LogP contribution in [0.3, 0.4) is 0 Å². The van der Waals surface area contributed by atoms with Gasteiger partial charge in [0.15, 0.2) is 5.82 Å². The molecule has 0 aromatic carbocycles. The molecule has 9 nitrogen and oxygen atoms in total. The molecule has 3 aromatic heterocycles. The lowest BCUT2D eigenvalue weighted by molar-refractivity contribution is 0.265. The normalized spacial score (nSPS) is 20.2. The van der Waals surface area contributed by atoms with E-state index in [-0.39, 0.29) is 11.8 Å². The van der Waals surface area contributed by atoms with E-state index in [1.165, 1.54) is 0 Å². The van der Waals surface area contributed by atoms with E-state index in [4.69, 9.17) is 0 Å². The zero-order valence-corrected chi connectivity index (χ0v) is 17.7. The average Bonchev–Trinajstić information content (AvgIpc) is 3.18. The van der Waals surface area contributed by atoms with Gasteiger partial charge in [0.05, 0.1) is 17.5 Å². The van der Waals surface area contributed by atoms with E-state index in [0.717, 1.165) is 6.42 Å². The molecule has 4 rings (SSSR count). The van der Waals surface area contributed by atoms with E-state index in [9.17, 15) is 13.7 Å². The van der Waals surface area contributed by atoms with Crippen molar-refractivity contribution in [1.29, 1.82) is 5.26 Å². The second-order valence-corrected chi connectivity index (χ2v) is 9.70. The van der Waals surface area contributed by atoms with E-state index in [0.29, 0.717) is 47.6 Å². The first kappa shape index (κ1) is 20.3. The highest BCUT2D eigenvalue weighted by atomic mass is 32.2. The number of rotatable bonds is 5. The Morgan fingerprint density at radius 1 is 1.30 bits per heavy atom. The highest BCUT2D eigenvalue weighted by molar-refractivity contribution is 7.89. The summed E-state index contributed by atoms with van der Waals surface area (Å²) in [4.78, 5) is 13.3. The first-order valence-corrected chi connectivity index (χ1v) is 11.5. The molecule has 4 heterocycles. The maximum Gasteiger partial charge on any atom is 0.213 e. The highest BCUT2D eigenvalue weighted by Crippen LogP contribution is 2.24. The minimum absolute atomic E-state index is 0.0461. The van der Waals surface area contributed by atoms with Crippen LogP contribution < -0.4 is 5.32 Å². The molecule has 1 fully saturated rings. The van der Waals surface area contributed by atoms with Crippen molar-refractivity contribution in [3.63, 3.8) is 0 Å². The quantitative estimate of drug-likeness (QED) is 0.665. The molecule has 1 saturated heterocycles. The standard InChI is InChI=1S/C20H23N7O2S/c1-3-30(28,29)26-9-7-14(2)16(13-26)24-18-6-8-22-20(25-18)17-11-23-19-5-4-15(10-21)12-27(17)19/h4-6,8,11-12,14,16H,3,7,9,13H2,1-2H3,(H,22,24,25)/t14-,16?/m1/s1. The summed E-state index contributed by atoms with van der Waals surface area (Å²) in [6.45, 7) is 4.75. The Labute approximate surface area is 175 Å². The fourth-order valence-corrected chi connectivity index (χ4v) is 4.76. The maximum absolute atomic E-state index is 12.3. The minimum Gasteiger partial charge on any atom is -0.366 e. The van der Waals surface area contributed by atoms with Crippen molar-refractivity contribution in [3.05, 3.63) is 42.4 Å². The van der Waals surface area contributed by atoms with Crippen LogP contribution in [0.15, 0.2) is 36.8 Å². The summed E-state index contributed by atoms with van der Waals surface area (Å²) in [6, 6.07) is 7.34. The Morgan fingerprint density at radius 3 is 2.90 bits per heavy atom.